The summed E-state index contributed by atoms with van der Waals surface area (Å²) in [5.41, 5.74) is 1.32. The van der Waals surface area contributed by atoms with Crippen LogP contribution in [0.15, 0.2) is 34.9 Å². The highest BCUT2D eigenvalue weighted by Gasteiger charge is 2.50. The van der Waals surface area contributed by atoms with Crippen molar-refractivity contribution in [2.45, 2.75) is 43.6 Å². The zero-order chi connectivity index (χ0) is 13.4. The van der Waals surface area contributed by atoms with Crippen LogP contribution in [0.1, 0.15) is 55.4 Å². The van der Waals surface area contributed by atoms with Gasteiger partial charge in [0.15, 0.2) is 5.82 Å². The lowest BCUT2D eigenvalue weighted by molar-refractivity contribution is 0.295. The molecule has 4 rings (SSSR count). The molecule has 1 atom stereocenters. The summed E-state index contributed by atoms with van der Waals surface area (Å²) in [5, 5.41) is 7.74. The van der Waals surface area contributed by atoms with Crippen molar-refractivity contribution in [3.05, 3.63) is 47.6 Å². The van der Waals surface area contributed by atoms with E-state index in [1.54, 1.807) is 0 Å². The Morgan fingerprint density at radius 1 is 1.15 bits per heavy atom. The molecule has 0 amide bonds. The maximum absolute atomic E-state index is 5.53. The molecule has 2 fully saturated rings. The number of nitrogens with zero attached hydrogens (tertiary/aromatic N) is 2. The Morgan fingerprint density at radius 3 is 2.70 bits per heavy atom. The number of aromatic nitrogens is 2. The van der Waals surface area contributed by atoms with Crippen molar-refractivity contribution in [3.8, 4) is 0 Å². The van der Waals surface area contributed by atoms with Crippen LogP contribution in [-0.4, -0.2) is 16.7 Å². The summed E-state index contributed by atoms with van der Waals surface area (Å²) in [6.45, 7) is 1.05. The van der Waals surface area contributed by atoms with Crippen LogP contribution in [-0.2, 0) is 5.41 Å². The fourth-order valence-corrected chi connectivity index (χ4v) is 3.16. The molecule has 1 aromatic carbocycles. The summed E-state index contributed by atoms with van der Waals surface area (Å²) in [6, 6.07) is 10.8. The average molecular weight is 269 g/mol. The van der Waals surface area contributed by atoms with Crippen molar-refractivity contribution in [2.75, 3.05) is 6.54 Å². The van der Waals surface area contributed by atoms with E-state index in [1.807, 2.05) is 6.07 Å². The topological polar surface area (TPSA) is 51.0 Å². The van der Waals surface area contributed by atoms with Gasteiger partial charge in [0.25, 0.3) is 0 Å². The zero-order valence-corrected chi connectivity index (χ0v) is 11.5. The molecule has 1 saturated heterocycles. The first-order valence-electron chi connectivity index (χ1n) is 7.51. The average Bonchev–Trinajstić information content (AvgIpc) is 3.19. The van der Waals surface area contributed by atoms with Crippen LogP contribution in [0.3, 0.4) is 0 Å². The van der Waals surface area contributed by atoms with E-state index in [0.717, 1.165) is 37.5 Å². The van der Waals surface area contributed by atoms with Crippen LogP contribution in [0.5, 0.6) is 0 Å². The van der Waals surface area contributed by atoms with Crippen molar-refractivity contribution in [3.63, 3.8) is 0 Å². The summed E-state index contributed by atoms with van der Waals surface area (Å²) >= 11 is 0. The Hall–Kier alpha value is -1.68. The Kier molecular flexibility index (Phi) is 2.84. The Balaban J connectivity index is 1.62. The van der Waals surface area contributed by atoms with Gasteiger partial charge in [-0.15, -0.1) is 0 Å². The molecule has 1 aliphatic heterocycles. The smallest absolute Gasteiger partial charge is 0.243 e. The third-order valence-corrected chi connectivity index (χ3v) is 4.55. The van der Waals surface area contributed by atoms with Crippen LogP contribution in [0.2, 0.25) is 0 Å². The Labute approximate surface area is 118 Å². The molecule has 20 heavy (non-hydrogen) atoms. The van der Waals surface area contributed by atoms with Crippen LogP contribution >= 0.6 is 0 Å². The van der Waals surface area contributed by atoms with E-state index in [0.29, 0.717) is 0 Å². The molecule has 0 spiro atoms. The SMILES string of the molecule is c1ccc(C2(c3noc([C@@H]4CCCCN4)n3)CC2)cc1. The number of nitrogens with one attached hydrogen (secondary N) is 1. The second kappa shape index (κ2) is 4.70. The molecule has 4 heteroatoms. The van der Waals surface area contributed by atoms with Crippen LogP contribution in [0.25, 0.3) is 0 Å². The minimum Gasteiger partial charge on any atom is -0.338 e. The highest BCUT2D eigenvalue weighted by Crippen LogP contribution is 2.52. The summed E-state index contributed by atoms with van der Waals surface area (Å²) < 4.78 is 5.53. The lowest BCUT2D eigenvalue weighted by Crippen LogP contribution is -2.27. The fourth-order valence-electron chi connectivity index (χ4n) is 3.16. The molecule has 4 nitrogen and oxygen atoms in total. The largest absolute Gasteiger partial charge is 0.338 e. The van der Waals surface area contributed by atoms with Crippen LogP contribution in [0.4, 0.5) is 0 Å². The number of benzene rings is 1. The molecular weight excluding hydrogens is 250 g/mol. The van der Waals surface area contributed by atoms with E-state index < -0.39 is 0 Å². The minimum absolute atomic E-state index is 0.0116. The molecular formula is C16H19N3O. The summed E-state index contributed by atoms with van der Waals surface area (Å²) in [4.78, 5) is 4.70. The van der Waals surface area contributed by atoms with E-state index >= 15 is 0 Å². The highest BCUT2D eigenvalue weighted by molar-refractivity contribution is 5.38. The minimum atomic E-state index is 0.0116. The number of piperidine rings is 1. The summed E-state index contributed by atoms with van der Waals surface area (Å²) in [5.74, 6) is 1.63. The van der Waals surface area contributed by atoms with Gasteiger partial charge in [0.1, 0.15) is 0 Å². The van der Waals surface area contributed by atoms with Gasteiger partial charge in [0.05, 0.1) is 11.5 Å². The monoisotopic (exact) mass is 269 g/mol. The normalized spacial score (nSPS) is 24.5. The van der Waals surface area contributed by atoms with E-state index in [2.05, 4.69) is 34.7 Å². The van der Waals surface area contributed by atoms with Crippen molar-refractivity contribution in [2.24, 2.45) is 0 Å². The lowest BCUT2D eigenvalue weighted by Gasteiger charge is -2.19. The summed E-state index contributed by atoms with van der Waals surface area (Å²) in [7, 11) is 0. The fraction of sp³-hybridized carbons (Fsp3) is 0.500. The number of hydrogen-bond acceptors (Lipinski definition) is 4. The second-order valence-corrected chi connectivity index (χ2v) is 5.91. The molecule has 104 valence electrons. The van der Waals surface area contributed by atoms with E-state index in [9.17, 15) is 0 Å². The first-order valence-corrected chi connectivity index (χ1v) is 7.51. The van der Waals surface area contributed by atoms with Crippen molar-refractivity contribution >= 4 is 0 Å². The van der Waals surface area contributed by atoms with Gasteiger partial charge < -0.3 is 9.84 Å². The predicted octanol–water partition coefficient (Wildman–Crippen LogP) is 2.96. The van der Waals surface area contributed by atoms with Gasteiger partial charge in [-0.2, -0.15) is 4.98 Å². The van der Waals surface area contributed by atoms with Crippen molar-refractivity contribution in [1.29, 1.82) is 0 Å². The third kappa shape index (κ3) is 1.95. The molecule has 0 bridgehead atoms. The van der Waals surface area contributed by atoms with Crippen molar-refractivity contribution in [1.82, 2.24) is 15.5 Å². The lowest BCUT2D eigenvalue weighted by atomic mass is 9.95. The van der Waals surface area contributed by atoms with Gasteiger partial charge in [-0.25, -0.2) is 0 Å². The second-order valence-electron chi connectivity index (χ2n) is 5.91. The van der Waals surface area contributed by atoms with Gasteiger partial charge in [-0.1, -0.05) is 41.9 Å². The highest BCUT2D eigenvalue weighted by atomic mass is 16.5. The summed E-state index contributed by atoms with van der Waals surface area (Å²) in [6.07, 6.45) is 5.81. The Bertz CT molecular complexity index is 583. The zero-order valence-electron chi connectivity index (χ0n) is 11.5. The third-order valence-electron chi connectivity index (χ3n) is 4.55. The first kappa shape index (κ1) is 12.1. The molecule has 0 radical (unpaired) electrons. The quantitative estimate of drug-likeness (QED) is 0.930. The molecule has 1 saturated carbocycles. The van der Waals surface area contributed by atoms with Crippen molar-refractivity contribution < 1.29 is 4.52 Å². The van der Waals surface area contributed by atoms with Gasteiger partial charge in [-0.3, -0.25) is 0 Å². The van der Waals surface area contributed by atoms with Crippen LogP contribution in [0, 0.1) is 0 Å². The first-order chi connectivity index (χ1) is 9.88. The maximum atomic E-state index is 5.53. The van der Waals surface area contributed by atoms with Gasteiger partial charge in [-0.05, 0) is 37.8 Å². The van der Waals surface area contributed by atoms with Crippen LogP contribution < -0.4 is 5.32 Å². The van der Waals surface area contributed by atoms with E-state index in [4.69, 9.17) is 9.51 Å². The molecule has 2 aliphatic rings. The molecule has 1 N–H and O–H groups in total. The standard InChI is InChI=1S/C16H19N3O/c1-2-6-12(7-3-1)16(9-10-16)15-18-14(20-19-15)13-8-4-5-11-17-13/h1-3,6-7,13,17H,4-5,8-11H2/t13-/m0/s1. The number of hydrogen-bond donors (Lipinski definition) is 1. The predicted molar refractivity (Wildman–Crippen MR) is 75.3 cm³/mol. The van der Waals surface area contributed by atoms with E-state index in [1.165, 1.54) is 18.4 Å². The van der Waals surface area contributed by atoms with Gasteiger partial charge in [0, 0.05) is 0 Å². The molecule has 1 aliphatic carbocycles. The van der Waals surface area contributed by atoms with Gasteiger partial charge >= 0.3 is 0 Å². The maximum Gasteiger partial charge on any atom is 0.243 e. The molecule has 2 heterocycles. The molecule has 2 aromatic rings. The Morgan fingerprint density at radius 2 is 2.00 bits per heavy atom. The van der Waals surface area contributed by atoms with Gasteiger partial charge in [0.2, 0.25) is 5.89 Å². The molecule has 0 unspecified atom stereocenters. The molecule has 1 aromatic heterocycles. The number of rotatable bonds is 3. The van der Waals surface area contributed by atoms with E-state index in [-0.39, 0.29) is 11.5 Å².